The average molecular weight is 509 g/mol. The molecule has 2 N–H and O–H groups in total. The SMILES string of the molecule is CCN1CCN(CCCNC(=O)C(NC(=O)c2ccc(C34CC5CC(CC(C5)C3)C4)cc2)C(C)C)CC1. The molecule has 5 fully saturated rings. The zero-order valence-corrected chi connectivity index (χ0v) is 23.3. The van der Waals surface area contributed by atoms with Gasteiger partial charge in [0.2, 0.25) is 5.91 Å². The molecule has 4 saturated carbocycles. The monoisotopic (exact) mass is 508 g/mol. The van der Waals surface area contributed by atoms with Crippen LogP contribution in [-0.4, -0.2) is 73.5 Å². The van der Waals surface area contributed by atoms with Crippen LogP contribution in [0.25, 0.3) is 0 Å². The average Bonchev–Trinajstić information content (AvgIpc) is 2.89. The Kier molecular flexibility index (Phi) is 8.25. The molecule has 0 spiro atoms. The Morgan fingerprint density at radius 2 is 1.49 bits per heavy atom. The molecule has 2 amide bonds. The molecule has 1 saturated heterocycles. The summed E-state index contributed by atoms with van der Waals surface area (Å²) in [4.78, 5) is 31.0. The van der Waals surface area contributed by atoms with Crippen molar-refractivity contribution in [3.8, 4) is 0 Å². The van der Waals surface area contributed by atoms with Crippen molar-refractivity contribution in [3.63, 3.8) is 0 Å². The first-order chi connectivity index (χ1) is 17.8. The summed E-state index contributed by atoms with van der Waals surface area (Å²) in [5.41, 5.74) is 2.42. The van der Waals surface area contributed by atoms with E-state index in [4.69, 9.17) is 0 Å². The minimum atomic E-state index is -0.525. The van der Waals surface area contributed by atoms with E-state index in [-0.39, 0.29) is 17.7 Å². The Morgan fingerprint density at radius 3 is 2.03 bits per heavy atom. The van der Waals surface area contributed by atoms with Gasteiger partial charge in [-0.15, -0.1) is 0 Å². The van der Waals surface area contributed by atoms with E-state index >= 15 is 0 Å². The molecule has 6 heteroatoms. The molecular formula is C31H48N4O2. The smallest absolute Gasteiger partial charge is 0.251 e. The summed E-state index contributed by atoms with van der Waals surface area (Å²) in [7, 11) is 0. The molecule has 5 aliphatic rings. The third-order valence-electron chi connectivity index (χ3n) is 9.90. The summed E-state index contributed by atoms with van der Waals surface area (Å²) in [6.45, 7) is 13.5. The molecule has 4 aliphatic carbocycles. The number of amides is 2. The van der Waals surface area contributed by atoms with Crippen LogP contribution in [0.15, 0.2) is 24.3 Å². The highest BCUT2D eigenvalue weighted by atomic mass is 16.2. The molecule has 1 aliphatic heterocycles. The van der Waals surface area contributed by atoms with E-state index < -0.39 is 6.04 Å². The van der Waals surface area contributed by atoms with Crippen molar-refractivity contribution >= 4 is 11.8 Å². The summed E-state index contributed by atoms with van der Waals surface area (Å²) in [6.07, 6.45) is 9.23. The fraction of sp³-hybridized carbons (Fsp3) is 0.742. The molecule has 1 aromatic carbocycles. The fourth-order valence-electron chi connectivity index (χ4n) is 8.15. The van der Waals surface area contributed by atoms with Crippen LogP contribution in [0, 0.1) is 23.7 Å². The number of benzene rings is 1. The predicted octanol–water partition coefficient (Wildman–Crippen LogP) is 4.05. The lowest BCUT2D eigenvalue weighted by atomic mass is 9.48. The second-order valence-corrected chi connectivity index (χ2v) is 12.9. The molecule has 1 atom stereocenters. The fourth-order valence-corrected chi connectivity index (χ4v) is 8.15. The lowest BCUT2D eigenvalue weighted by molar-refractivity contribution is -0.123. The maximum Gasteiger partial charge on any atom is 0.251 e. The number of piperazine rings is 1. The van der Waals surface area contributed by atoms with Crippen LogP contribution in [-0.2, 0) is 10.2 Å². The van der Waals surface area contributed by atoms with Crippen LogP contribution in [0.5, 0.6) is 0 Å². The first-order valence-corrected chi connectivity index (χ1v) is 15.0. The third-order valence-corrected chi connectivity index (χ3v) is 9.90. The molecule has 4 bridgehead atoms. The number of nitrogens with one attached hydrogen (secondary N) is 2. The second kappa shape index (κ2) is 11.4. The number of hydrogen-bond donors (Lipinski definition) is 2. The van der Waals surface area contributed by atoms with E-state index in [2.05, 4.69) is 39.5 Å². The zero-order valence-electron chi connectivity index (χ0n) is 23.3. The molecule has 1 aromatic rings. The molecule has 1 heterocycles. The van der Waals surface area contributed by atoms with Gasteiger partial charge in [0.25, 0.3) is 5.91 Å². The normalized spacial score (nSPS) is 30.4. The third kappa shape index (κ3) is 6.06. The minimum absolute atomic E-state index is 0.0253. The summed E-state index contributed by atoms with van der Waals surface area (Å²) >= 11 is 0. The lowest BCUT2D eigenvalue weighted by Crippen LogP contribution is -2.50. The van der Waals surface area contributed by atoms with Gasteiger partial charge in [0.05, 0.1) is 0 Å². The molecule has 1 unspecified atom stereocenters. The van der Waals surface area contributed by atoms with Crippen LogP contribution >= 0.6 is 0 Å². The summed E-state index contributed by atoms with van der Waals surface area (Å²) in [5, 5.41) is 6.10. The Bertz CT molecular complexity index is 900. The first-order valence-electron chi connectivity index (χ1n) is 15.0. The number of rotatable bonds is 10. The van der Waals surface area contributed by atoms with Crippen molar-refractivity contribution < 1.29 is 9.59 Å². The summed E-state index contributed by atoms with van der Waals surface area (Å²) in [6, 6.07) is 7.84. The molecule has 0 radical (unpaired) electrons. The van der Waals surface area contributed by atoms with Crippen LogP contribution in [0.1, 0.15) is 81.6 Å². The highest BCUT2D eigenvalue weighted by Gasteiger charge is 2.51. The molecule has 204 valence electrons. The quantitative estimate of drug-likeness (QED) is 0.468. The van der Waals surface area contributed by atoms with Crippen LogP contribution < -0.4 is 10.6 Å². The number of carbonyl (C=O) groups excluding carboxylic acids is 2. The molecular weight excluding hydrogens is 460 g/mol. The van der Waals surface area contributed by atoms with Gasteiger partial charge in [-0.05, 0) is 105 Å². The standard InChI is InChI=1S/C31H48N4O2/c1-4-34-12-14-35(15-13-34)11-5-10-32-30(37)28(22(2)3)33-29(36)26-6-8-27(9-7-26)31-19-23-16-24(20-31)18-25(17-23)21-31/h6-9,22-25,28H,4-5,10-21H2,1-3H3,(H,32,37)(H,33,36). The topological polar surface area (TPSA) is 64.7 Å². The van der Waals surface area contributed by atoms with E-state index in [0.717, 1.165) is 63.4 Å². The molecule has 6 rings (SSSR count). The van der Waals surface area contributed by atoms with E-state index in [0.29, 0.717) is 17.5 Å². The number of nitrogens with zero attached hydrogens (tertiary/aromatic N) is 2. The van der Waals surface area contributed by atoms with Gasteiger partial charge < -0.3 is 20.4 Å². The van der Waals surface area contributed by atoms with Crippen molar-refractivity contribution in [1.29, 1.82) is 0 Å². The number of carbonyl (C=O) groups is 2. The van der Waals surface area contributed by atoms with Crippen LogP contribution in [0.2, 0.25) is 0 Å². The van der Waals surface area contributed by atoms with Crippen molar-refractivity contribution in [2.75, 3.05) is 45.8 Å². The van der Waals surface area contributed by atoms with Gasteiger partial charge in [0.15, 0.2) is 0 Å². The first kappa shape index (κ1) is 26.7. The zero-order chi connectivity index (χ0) is 26.0. The second-order valence-electron chi connectivity index (χ2n) is 12.9. The number of likely N-dealkylation sites (N-methyl/N-ethyl adjacent to an activating group) is 1. The maximum absolute atomic E-state index is 13.1. The van der Waals surface area contributed by atoms with Gasteiger partial charge in [-0.2, -0.15) is 0 Å². The van der Waals surface area contributed by atoms with Gasteiger partial charge in [0.1, 0.15) is 6.04 Å². The van der Waals surface area contributed by atoms with Gasteiger partial charge in [0, 0.05) is 38.3 Å². The van der Waals surface area contributed by atoms with E-state index in [1.165, 1.54) is 44.1 Å². The van der Waals surface area contributed by atoms with E-state index in [1.54, 1.807) is 0 Å². The van der Waals surface area contributed by atoms with Crippen molar-refractivity contribution in [2.24, 2.45) is 23.7 Å². The highest BCUT2D eigenvalue weighted by Crippen LogP contribution is 2.60. The number of hydrogen-bond acceptors (Lipinski definition) is 4. The minimum Gasteiger partial charge on any atom is -0.354 e. The largest absolute Gasteiger partial charge is 0.354 e. The maximum atomic E-state index is 13.1. The lowest BCUT2D eigenvalue weighted by Gasteiger charge is -2.57. The van der Waals surface area contributed by atoms with E-state index in [1.807, 2.05) is 26.0 Å². The van der Waals surface area contributed by atoms with Gasteiger partial charge >= 0.3 is 0 Å². The molecule has 0 aromatic heterocycles. The predicted molar refractivity (Wildman–Crippen MR) is 149 cm³/mol. The van der Waals surface area contributed by atoms with Crippen LogP contribution in [0.3, 0.4) is 0 Å². The Hall–Kier alpha value is -1.92. The highest BCUT2D eigenvalue weighted by molar-refractivity contribution is 5.97. The van der Waals surface area contributed by atoms with Crippen LogP contribution in [0.4, 0.5) is 0 Å². The van der Waals surface area contributed by atoms with Crippen molar-refractivity contribution in [3.05, 3.63) is 35.4 Å². The Labute approximate surface area is 223 Å². The van der Waals surface area contributed by atoms with Gasteiger partial charge in [-0.1, -0.05) is 32.9 Å². The summed E-state index contributed by atoms with van der Waals surface area (Å²) < 4.78 is 0. The van der Waals surface area contributed by atoms with Crippen molar-refractivity contribution in [2.45, 2.75) is 77.2 Å². The van der Waals surface area contributed by atoms with Gasteiger partial charge in [-0.3, -0.25) is 9.59 Å². The molecule has 37 heavy (non-hydrogen) atoms. The Balaban J connectivity index is 1.11. The summed E-state index contributed by atoms with van der Waals surface area (Å²) in [5.74, 6) is 2.52. The molecule has 6 nitrogen and oxygen atoms in total. The van der Waals surface area contributed by atoms with Crippen molar-refractivity contribution in [1.82, 2.24) is 20.4 Å². The van der Waals surface area contributed by atoms with E-state index in [9.17, 15) is 9.59 Å². The Morgan fingerprint density at radius 1 is 0.919 bits per heavy atom. The van der Waals surface area contributed by atoms with Gasteiger partial charge in [-0.25, -0.2) is 0 Å².